The van der Waals surface area contributed by atoms with Crippen molar-refractivity contribution in [3.8, 4) is 0 Å². The number of hydrogen-bond acceptors (Lipinski definition) is 1. The minimum atomic E-state index is -4.60. The molecule has 0 aliphatic carbocycles. The Bertz CT molecular complexity index is 472. The zero-order valence-electron chi connectivity index (χ0n) is 11.0. The van der Waals surface area contributed by atoms with Crippen molar-refractivity contribution in [2.75, 3.05) is 0 Å². The van der Waals surface area contributed by atoms with Gasteiger partial charge in [0, 0.05) is 12.7 Å². The van der Waals surface area contributed by atoms with Gasteiger partial charge in [-0.1, -0.05) is 27.7 Å². The molecule has 0 aliphatic heterocycles. The molecule has 1 aromatic heterocycles. The first-order valence-electron chi connectivity index (χ1n) is 5.94. The van der Waals surface area contributed by atoms with Gasteiger partial charge in [-0.05, 0) is 23.5 Å². The highest BCUT2D eigenvalue weighted by molar-refractivity contribution is 5.24. The molecular formula is C13H18F3NO. The van der Waals surface area contributed by atoms with Gasteiger partial charge in [-0.2, -0.15) is 13.2 Å². The average Bonchev–Trinajstić information content (AvgIpc) is 2.18. The quantitative estimate of drug-likeness (QED) is 0.814. The van der Waals surface area contributed by atoms with E-state index in [9.17, 15) is 18.0 Å². The van der Waals surface area contributed by atoms with Crippen LogP contribution >= 0.6 is 0 Å². The van der Waals surface area contributed by atoms with E-state index in [1.807, 2.05) is 13.8 Å². The van der Waals surface area contributed by atoms with Gasteiger partial charge in [-0.15, -0.1) is 0 Å². The van der Waals surface area contributed by atoms with Crippen molar-refractivity contribution in [3.05, 3.63) is 33.7 Å². The number of rotatable bonds is 3. The Morgan fingerprint density at radius 2 is 1.78 bits per heavy atom. The molecule has 1 heterocycles. The Kier molecular flexibility index (Phi) is 4.24. The van der Waals surface area contributed by atoms with Crippen LogP contribution in [-0.4, -0.2) is 4.57 Å². The maximum Gasteiger partial charge on any atom is 0.421 e. The zero-order valence-corrected chi connectivity index (χ0v) is 11.0. The Labute approximate surface area is 104 Å². The standard InChI is InChI=1S/C13H18F3NO/c1-8(2)6-17-7-10(9(3)4)5-11(12(17)18)13(14,15)16/h5,7-9H,6H2,1-4H3. The number of halogens is 3. The number of pyridine rings is 1. The van der Waals surface area contributed by atoms with Gasteiger partial charge >= 0.3 is 6.18 Å². The first-order chi connectivity index (χ1) is 8.12. The summed E-state index contributed by atoms with van der Waals surface area (Å²) in [5.41, 5.74) is -1.50. The van der Waals surface area contributed by atoms with E-state index in [0.717, 1.165) is 6.07 Å². The molecule has 0 N–H and O–H groups in total. The predicted octanol–water partition coefficient (Wildman–Crippen LogP) is 3.65. The molecule has 1 rings (SSSR count). The minimum Gasteiger partial charge on any atom is -0.314 e. The average molecular weight is 261 g/mol. The summed E-state index contributed by atoms with van der Waals surface area (Å²) < 4.78 is 39.6. The van der Waals surface area contributed by atoms with E-state index in [0.29, 0.717) is 12.1 Å². The van der Waals surface area contributed by atoms with Crippen LogP contribution in [-0.2, 0) is 12.7 Å². The van der Waals surface area contributed by atoms with Crippen LogP contribution in [0.15, 0.2) is 17.1 Å². The number of nitrogens with zero attached hydrogens (tertiary/aromatic N) is 1. The van der Waals surface area contributed by atoms with Crippen molar-refractivity contribution in [2.24, 2.45) is 5.92 Å². The summed E-state index contributed by atoms with van der Waals surface area (Å²) in [4.78, 5) is 11.8. The van der Waals surface area contributed by atoms with Gasteiger partial charge in [-0.3, -0.25) is 4.79 Å². The molecule has 0 saturated carbocycles. The fourth-order valence-electron chi connectivity index (χ4n) is 1.71. The highest BCUT2D eigenvalue weighted by atomic mass is 19.4. The molecule has 1 aromatic rings. The third kappa shape index (κ3) is 3.37. The molecule has 0 unspecified atom stereocenters. The van der Waals surface area contributed by atoms with Crippen molar-refractivity contribution >= 4 is 0 Å². The van der Waals surface area contributed by atoms with Crippen LogP contribution in [0.5, 0.6) is 0 Å². The van der Waals surface area contributed by atoms with Crippen molar-refractivity contribution in [1.29, 1.82) is 0 Å². The fourth-order valence-corrected chi connectivity index (χ4v) is 1.71. The second-order valence-electron chi connectivity index (χ2n) is 5.19. The minimum absolute atomic E-state index is 0.0508. The molecule has 0 fully saturated rings. The lowest BCUT2D eigenvalue weighted by atomic mass is 10.0. The summed E-state index contributed by atoms with van der Waals surface area (Å²) in [7, 11) is 0. The van der Waals surface area contributed by atoms with E-state index in [1.54, 1.807) is 13.8 Å². The molecule has 18 heavy (non-hydrogen) atoms. The normalized spacial score (nSPS) is 12.5. The number of alkyl halides is 3. The van der Waals surface area contributed by atoms with Crippen LogP contribution in [0.25, 0.3) is 0 Å². The van der Waals surface area contributed by atoms with Crippen LogP contribution in [0.1, 0.15) is 44.7 Å². The van der Waals surface area contributed by atoms with Crippen LogP contribution in [0, 0.1) is 5.92 Å². The van der Waals surface area contributed by atoms with Crippen molar-refractivity contribution in [2.45, 2.75) is 46.3 Å². The Morgan fingerprint density at radius 3 is 2.17 bits per heavy atom. The molecule has 0 atom stereocenters. The molecule has 0 aliphatic rings. The first kappa shape index (κ1) is 14.8. The van der Waals surface area contributed by atoms with Gasteiger partial charge in [0.15, 0.2) is 0 Å². The van der Waals surface area contributed by atoms with Crippen LogP contribution < -0.4 is 5.56 Å². The van der Waals surface area contributed by atoms with Crippen LogP contribution in [0.3, 0.4) is 0 Å². The Balaban J connectivity index is 3.43. The summed E-state index contributed by atoms with van der Waals surface area (Å²) in [6, 6.07) is 0.962. The highest BCUT2D eigenvalue weighted by Crippen LogP contribution is 2.28. The zero-order chi connectivity index (χ0) is 14.1. The van der Waals surface area contributed by atoms with Gasteiger partial charge in [0.05, 0.1) is 0 Å². The third-order valence-electron chi connectivity index (χ3n) is 2.64. The maximum absolute atomic E-state index is 12.8. The Hall–Kier alpha value is -1.26. The molecule has 0 spiro atoms. The molecule has 0 radical (unpaired) electrons. The van der Waals surface area contributed by atoms with Crippen molar-refractivity contribution in [1.82, 2.24) is 4.57 Å². The van der Waals surface area contributed by atoms with Gasteiger partial charge in [0.1, 0.15) is 5.56 Å². The van der Waals surface area contributed by atoms with Crippen LogP contribution in [0.4, 0.5) is 13.2 Å². The lowest BCUT2D eigenvalue weighted by Crippen LogP contribution is -2.30. The molecule has 102 valence electrons. The monoisotopic (exact) mass is 261 g/mol. The van der Waals surface area contributed by atoms with E-state index in [-0.39, 0.29) is 11.8 Å². The van der Waals surface area contributed by atoms with E-state index >= 15 is 0 Å². The number of hydrogen-bond donors (Lipinski definition) is 0. The lowest BCUT2D eigenvalue weighted by Gasteiger charge is -2.16. The van der Waals surface area contributed by atoms with Gasteiger partial charge in [-0.25, -0.2) is 0 Å². The predicted molar refractivity (Wildman–Crippen MR) is 64.6 cm³/mol. The number of aromatic nitrogens is 1. The molecule has 0 saturated heterocycles. The SMILES string of the molecule is CC(C)Cn1cc(C(C)C)cc(C(F)(F)F)c1=O. The molecule has 0 amide bonds. The third-order valence-corrected chi connectivity index (χ3v) is 2.64. The second-order valence-corrected chi connectivity index (χ2v) is 5.19. The van der Waals surface area contributed by atoms with E-state index < -0.39 is 17.3 Å². The summed E-state index contributed by atoms with van der Waals surface area (Å²) in [5.74, 6) is 0.0660. The lowest BCUT2D eigenvalue weighted by molar-refractivity contribution is -0.139. The van der Waals surface area contributed by atoms with E-state index in [1.165, 1.54) is 10.8 Å². The van der Waals surface area contributed by atoms with Crippen molar-refractivity contribution < 1.29 is 13.2 Å². The van der Waals surface area contributed by atoms with E-state index in [4.69, 9.17) is 0 Å². The smallest absolute Gasteiger partial charge is 0.314 e. The van der Waals surface area contributed by atoms with E-state index in [2.05, 4.69) is 0 Å². The summed E-state index contributed by atoms with van der Waals surface area (Å²) in [5, 5.41) is 0. The molecule has 5 heteroatoms. The highest BCUT2D eigenvalue weighted by Gasteiger charge is 2.35. The molecule has 0 aromatic carbocycles. The summed E-state index contributed by atoms with van der Waals surface area (Å²) in [6.45, 7) is 7.63. The maximum atomic E-state index is 12.8. The van der Waals surface area contributed by atoms with Gasteiger partial charge in [0.25, 0.3) is 5.56 Å². The Morgan fingerprint density at radius 1 is 1.22 bits per heavy atom. The topological polar surface area (TPSA) is 22.0 Å². The fraction of sp³-hybridized carbons (Fsp3) is 0.615. The van der Waals surface area contributed by atoms with Crippen molar-refractivity contribution in [3.63, 3.8) is 0 Å². The summed E-state index contributed by atoms with van der Waals surface area (Å²) in [6.07, 6.45) is -3.07. The molecular weight excluding hydrogens is 243 g/mol. The molecule has 2 nitrogen and oxygen atoms in total. The second kappa shape index (κ2) is 5.16. The first-order valence-corrected chi connectivity index (χ1v) is 5.94. The van der Waals surface area contributed by atoms with Crippen LogP contribution in [0.2, 0.25) is 0 Å². The van der Waals surface area contributed by atoms with Gasteiger partial charge < -0.3 is 4.57 Å². The molecule has 0 bridgehead atoms. The summed E-state index contributed by atoms with van der Waals surface area (Å²) >= 11 is 0. The van der Waals surface area contributed by atoms with Gasteiger partial charge in [0.2, 0.25) is 0 Å². The largest absolute Gasteiger partial charge is 0.421 e.